The number of rotatable bonds is 2. The normalized spacial score (nSPS) is 13.8. The molecule has 0 atom stereocenters. The summed E-state index contributed by atoms with van der Waals surface area (Å²) in [5.74, 6) is 0.801. The molecule has 0 spiro atoms. The van der Waals surface area contributed by atoms with E-state index in [4.69, 9.17) is 10.5 Å². The van der Waals surface area contributed by atoms with Gasteiger partial charge in [0.05, 0.1) is 23.8 Å². The van der Waals surface area contributed by atoms with E-state index in [0.29, 0.717) is 36.8 Å². The zero-order valence-electron chi connectivity index (χ0n) is 11.5. The Kier molecular flexibility index (Phi) is 3.26. The van der Waals surface area contributed by atoms with Crippen molar-refractivity contribution in [3.8, 4) is 11.4 Å². The number of hydrogen-bond donors (Lipinski definition) is 1. The molecule has 1 aliphatic heterocycles. The van der Waals surface area contributed by atoms with Crippen LogP contribution in [-0.4, -0.2) is 21.5 Å². The summed E-state index contributed by atoms with van der Waals surface area (Å²) in [6.45, 7) is 2.87. The third-order valence-electron chi connectivity index (χ3n) is 3.53. The van der Waals surface area contributed by atoms with Gasteiger partial charge < -0.3 is 10.5 Å². The molecular formula is C14H14N4O3. The van der Waals surface area contributed by atoms with E-state index in [1.807, 2.05) is 6.92 Å². The standard InChI is InChI=1S/C14H14N4O3/c1-8-2-3-9(18(19)20)6-10(8)14-16-12-4-5-21-7-11(12)13(15)17-14/h2-3,6H,4-5,7H2,1H3,(H2,15,16,17). The number of nitro benzene ring substituents is 1. The van der Waals surface area contributed by atoms with Crippen molar-refractivity contribution in [1.29, 1.82) is 0 Å². The number of anilines is 1. The molecule has 0 amide bonds. The second kappa shape index (κ2) is 5.10. The number of hydrogen-bond acceptors (Lipinski definition) is 6. The Bertz CT molecular complexity index is 730. The van der Waals surface area contributed by atoms with Gasteiger partial charge in [0.1, 0.15) is 5.82 Å². The minimum absolute atomic E-state index is 0.0128. The van der Waals surface area contributed by atoms with Crippen LogP contribution in [0.1, 0.15) is 16.8 Å². The van der Waals surface area contributed by atoms with Crippen molar-refractivity contribution >= 4 is 11.5 Å². The Morgan fingerprint density at radius 3 is 2.95 bits per heavy atom. The van der Waals surface area contributed by atoms with E-state index in [0.717, 1.165) is 16.8 Å². The molecule has 2 N–H and O–H groups in total. The highest BCUT2D eigenvalue weighted by Crippen LogP contribution is 2.28. The predicted octanol–water partition coefficient (Wildman–Crippen LogP) is 2.02. The Balaban J connectivity index is 2.14. The molecule has 7 heteroatoms. The second-order valence-corrected chi connectivity index (χ2v) is 4.92. The largest absolute Gasteiger partial charge is 0.383 e. The van der Waals surface area contributed by atoms with Crippen LogP contribution in [-0.2, 0) is 17.8 Å². The first-order chi connectivity index (χ1) is 10.1. The molecule has 1 aliphatic rings. The molecular weight excluding hydrogens is 272 g/mol. The fourth-order valence-electron chi connectivity index (χ4n) is 2.34. The van der Waals surface area contributed by atoms with Crippen molar-refractivity contribution in [2.24, 2.45) is 0 Å². The maximum absolute atomic E-state index is 10.9. The smallest absolute Gasteiger partial charge is 0.270 e. The number of aryl methyl sites for hydroxylation is 1. The third-order valence-corrected chi connectivity index (χ3v) is 3.53. The van der Waals surface area contributed by atoms with E-state index in [9.17, 15) is 10.1 Å². The van der Waals surface area contributed by atoms with Gasteiger partial charge in [0.15, 0.2) is 5.82 Å². The van der Waals surface area contributed by atoms with Crippen LogP contribution in [0.3, 0.4) is 0 Å². The minimum atomic E-state index is -0.432. The van der Waals surface area contributed by atoms with Crippen molar-refractivity contribution in [3.63, 3.8) is 0 Å². The van der Waals surface area contributed by atoms with Crippen LogP contribution >= 0.6 is 0 Å². The SMILES string of the molecule is Cc1ccc([N+](=O)[O-])cc1-c1nc(N)c2c(n1)CCOC2. The van der Waals surface area contributed by atoms with Gasteiger partial charge in [-0.15, -0.1) is 0 Å². The van der Waals surface area contributed by atoms with Gasteiger partial charge in [0.2, 0.25) is 0 Å². The fourth-order valence-corrected chi connectivity index (χ4v) is 2.34. The van der Waals surface area contributed by atoms with Gasteiger partial charge in [-0.1, -0.05) is 6.07 Å². The summed E-state index contributed by atoms with van der Waals surface area (Å²) in [4.78, 5) is 19.3. The van der Waals surface area contributed by atoms with Crippen molar-refractivity contribution in [2.45, 2.75) is 20.0 Å². The average Bonchev–Trinajstić information content (AvgIpc) is 2.47. The molecule has 2 aromatic rings. The minimum Gasteiger partial charge on any atom is -0.383 e. The summed E-state index contributed by atoms with van der Waals surface area (Å²) in [5.41, 5.74) is 9.14. The third kappa shape index (κ3) is 2.43. The molecule has 1 aromatic heterocycles. The highest BCUT2D eigenvalue weighted by Gasteiger charge is 2.19. The fraction of sp³-hybridized carbons (Fsp3) is 0.286. The number of aromatic nitrogens is 2. The summed E-state index contributed by atoms with van der Waals surface area (Å²) in [6.07, 6.45) is 0.670. The van der Waals surface area contributed by atoms with E-state index >= 15 is 0 Å². The van der Waals surface area contributed by atoms with Gasteiger partial charge in [0.25, 0.3) is 5.69 Å². The second-order valence-electron chi connectivity index (χ2n) is 4.92. The number of benzene rings is 1. The van der Waals surface area contributed by atoms with E-state index in [1.54, 1.807) is 6.07 Å². The molecule has 0 bridgehead atoms. The van der Waals surface area contributed by atoms with Gasteiger partial charge in [-0.2, -0.15) is 0 Å². The Morgan fingerprint density at radius 1 is 1.38 bits per heavy atom. The van der Waals surface area contributed by atoms with Crippen molar-refractivity contribution in [1.82, 2.24) is 9.97 Å². The number of fused-ring (bicyclic) bond motifs is 1. The molecule has 0 fully saturated rings. The first-order valence-corrected chi connectivity index (χ1v) is 6.54. The number of ether oxygens (including phenoxy) is 1. The average molecular weight is 286 g/mol. The Hall–Kier alpha value is -2.54. The van der Waals surface area contributed by atoms with Gasteiger partial charge >= 0.3 is 0 Å². The van der Waals surface area contributed by atoms with Crippen molar-refractivity contribution < 1.29 is 9.66 Å². The zero-order chi connectivity index (χ0) is 15.0. The molecule has 2 heterocycles. The lowest BCUT2D eigenvalue weighted by molar-refractivity contribution is -0.384. The van der Waals surface area contributed by atoms with Gasteiger partial charge in [-0.05, 0) is 12.5 Å². The van der Waals surface area contributed by atoms with Crippen LogP contribution in [0.2, 0.25) is 0 Å². The van der Waals surface area contributed by atoms with Crippen LogP contribution < -0.4 is 5.73 Å². The monoisotopic (exact) mass is 286 g/mol. The molecule has 0 aliphatic carbocycles. The summed E-state index contributed by atoms with van der Waals surface area (Å²) in [6, 6.07) is 4.64. The number of nitro groups is 1. The van der Waals surface area contributed by atoms with Crippen LogP contribution in [0.4, 0.5) is 11.5 Å². The molecule has 0 saturated heterocycles. The van der Waals surface area contributed by atoms with Gasteiger partial charge in [-0.25, -0.2) is 9.97 Å². The maximum Gasteiger partial charge on any atom is 0.270 e. The maximum atomic E-state index is 10.9. The highest BCUT2D eigenvalue weighted by molar-refractivity contribution is 5.65. The van der Waals surface area contributed by atoms with Crippen LogP contribution in [0.25, 0.3) is 11.4 Å². The lowest BCUT2D eigenvalue weighted by Crippen LogP contribution is -2.16. The van der Waals surface area contributed by atoms with E-state index < -0.39 is 4.92 Å². The lowest BCUT2D eigenvalue weighted by Gasteiger charge is -2.18. The van der Waals surface area contributed by atoms with Crippen molar-refractivity contribution in [3.05, 3.63) is 45.1 Å². The number of non-ortho nitro benzene ring substituents is 1. The quantitative estimate of drug-likeness (QED) is 0.669. The topological polar surface area (TPSA) is 104 Å². The molecule has 108 valence electrons. The van der Waals surface area contributed by atoms with Crippen LogP contribution in [0.5, 0.6) is 0 Å². The highest BCUT2D eigenvalue weighted by atomic mass is 16.6. The van der Waals surface area contributed by atoms with E-state index in [1.165, 1.54) is 12.1 Å². The molecule has 0 unspecified atom stereocenters. The van der Waals surface area contributed by atoms with Crippen molar-refractivity contribution in [2.75, 3.05) is 12.3 Å². The Labute approximate surface area is 120 Å². The summed E-state index contributed by atoms with van der Waals surface area (Å²) >= 11 is 0. The summed E-state index contributed by atoms with van der Waals surface area (Å²) in [7, 11) is 0. The van der Waals surface area contributed by atoms with Crippen LogP contribution in [0.15, 0.2) is 18.2 Å². The zero-order valence-corrected chi connectivity index (χ0v) is 11.5. The summed E-state index contributed by atoms with van der Waals surface area (Å²) < 4.78 is 5.35. The van der Waals surface area contributed by atoms with E-state index in [2.05, 4.69) is 9.97 Å². The Morgan fingerprint density at radius 2 is 2.19 bits per heavy atom. The molecule has 7 nitrogen and oxygen atoms in total. The number of nitrogen functional groups attached to an aromatic ring is 1. The predicted molar refractivity (Wildman–Crippen MR) is 76.6 cm³/mol. The van der Waals surface area contributed by atoms with Crippen LogP contribution in [0, 0.1) is 17.0 Å². The molecule has 3 rings (SSSR count). The molecule has 0 radical (unpaired) electrons. The lowest BCUT2D eigenvalue weighted by atomic mass is 10.1. The molecule has 1 aromatic carbocycles. The first kappa shape index (κ1) is 13.4. The number of nitrogens with zero attached hydrogens (tertiary/aromatic N) is 3. The number of nitrogens with two attached hydrogens (primary N) is 1. The van der Waals surface area contributed by atoms with E-state index in [-0.39, 0.29) is 5.69 Å². The summed E-state index contributed by atoms with van der Waals surface area (Å²) in [5, 5.41) is 10.9. The molecule has 21 heavy (non-hydrogen) atoms. The van der Waals surface area contributed by atoms with Gasteiger partial charge in [0, 0.05) is 29.7 Å². The first-order valence-electron chi connectivity index (χ1n) is 6.54. The molecule has 0 saturated carbocycles. The van der Waals surface area contributed by atoms with Gasteiger partial charge in [-0.3, -0.25) is 10.1 Å².